The molecule has 1 unspecified atom stereocenters. The maximum absolute atomic E-state index is 6.04. The first kappa shape index (κ1) is 16.7. The summed E-state index contributed by atoms with van der Waals surface area (Å²) in [6.45, 7) is 1.87. The van der Waals surface area contributed by atoms with E-state index in [1.54, 1.807) is 0 Å². The maximum Gasteiger partial charge on any atom is 0.147 e. The summed E-state index contributed by atoms with van der Waals surface area (Å²) in [5.41, 5.74) is 1.70. The molecule has 1 aliphatic heterocycles. The Hall–Kier alpha value is -2.47. The van der Waals surface area contributed by atoms with Crippen LogP contribution in [0.1, 0.15) is 31.0 Å². The predicted molar refractivity (Wildman–Crippen MR) is 108 cm³/mol. The molecule has 138 valence electrons. The fraction of sp³-hybridized carbons (Fsp3) is 0.400. The van der Waals surface area contributed by atoms with E-state index in [1.807, 2.05) is 36.7 Å². The minimum absolute atomic E-state index is 0.398. The Labute approximate surface area is 163 Å². The molecule has 1 saturated heterocycles. The fourth-order valence-corrected chi connectivity index (χ4v) is 3.84. The van der Waals surface area contributed by atoms with Crippen LogP contribution in [0, 0.1) is 0 Å². The molecule has 0 amide bonds. The van der Waals surface area contributed by atoms with E-state index >= 15 is 0 Å². The van der Waals surface area contributed by atoms with E-state index in [-0.39, 0.29) is 0 Å². The van der Waals surface area contributed by atoms with Crippen LogP contribution in [0.4, 0.5) is 11.6 Å². The highest BCUT2D eigenvalue weighted by Gasteiger charge is 2.30. The van der Waals surface area contributed by atoms with Crippen LogP contribution >= 0.6 is 11.6 Å². The quantitative estimate of drug-likeness (QED) is 0.688. The Morgan fingerprint density at radius 3 is 2.81 bits per heavy atom. The number of likely N-dealkylation sites (N-methyl/N-ethyl adjacent to an activating group) is 1. The Bertz CT molecular complexity index is 989. The molecule has 1 saturated carbocycles. The molecule has 1 atom stereocenters. The average Bonchev–Trinajstić information content (AvgIpc) is 3.44. The van der Waals surface area contributed by atoms with Crippen LogP contribution in [-0.4, -0.2) is 46.1 Å². The van der Waals surface area contributed by atoms with Crippen molar-refractivity contribution < 1.29 is 0 Å². The van der Waals surface area contributed by atoms with Crippen molar-refractivity contribution in [3.8, 4) is 0 Å². The van der Waals surface area contributed by atoms with Crippen molar-refractivity contribution >= 4 is 34.3 Å². The molecule has 2 aromatic heterocycles. The van der Waals surface area contributed by atoms with Gasteiger partial charge < -0.3 is 9.80 Å². The van der Waals surface area contributed by atoms with Crippen molar-refractivity contribution in [2.45, 2.75) is 31.2 Å². The normalized spacial score (nSPS) is 19.6. The van der Waals surface area contributed by atoms with Crippen LogP contribution in [0.2, 0.25) is 5.02 Å². The molecule has 27 heavy (non-hydrogen) atoms. The van der Waals surface area contributed by atoms with Crippen molar-refractivity contribution in [1.29, 1.82) is 0 Å². The lowest BCUT2D eigenvalue weighted by molar-refractivity contribution is 0.679. The number of hydrogen-bond acceptors (Lipinski definition) is 6. The highest BCUT2D eigenvalue weighted by atomic mass is 35.5. The van der Waals surface area contributed by atoms with Crippen molar-refractivity contribution in [2.75, 3.05) is 29.9 Å². The lowest BCUT2D eigenvalue weighted by Crippen LogP contribution is -2.35. The summed E-state index contributed by atoms with van der Waals surface area (Å²) in [4.78, 5) is 23.1. The smallest absolute Gasteiger partial charge is 0.147 e. The summed E-state index contributed by atoms with van der Waals surface area (Å²) in [5, 5.41) is 0.683. The van der Waals surface area contributed by atoms with Crippen LogP contribution in [0.5, 0.6) is 0 Å². The summed E-state index contributed by atoms with van der Waals surface area (Å²) in [6.07, 6.45) is 7.24. The number of rotatable bonds is 4. The molecule has 1 aliphatic carbocycles. The van der Waals surface area contributed by atoms with Gasteiger partial charge >= 0.3 is 0 Å². The molecule has 6 nitrogen and oxygen atoms in total. The standard InChI is InChI=1S/C20H21ClN6/c1-26(18-6-8-22-20(25-18)13-2-3-13)15-7-9-27(12-15)19-11-23-17-10-14(21)4-5-16(17)24-19/h4-6,8,10-11,13,15H,2-3,7,9,12H2,1H3. The topological polar surface area (TPSA) is 58.0 Å². The number of benzene rings is 1. The largest absolute Gasteiger partial charge is 0.355 e. The minimum Gasteiger partial charge on any atom is -0.355 e. The van der Waals surface area contributed by atoms with E-state index in [9.17, 15) is 0 Å². The van der Waals surface area contributed by atoms with Crippen molar-refractivity contribution in [3.05, 3.63) is 47.5 Å². The monoisotopic (exact) mass is 380 g/mol. The van der Waals surface area contributed by atoms with Crippen molar-refractivity contribution in [3.63, 3.8) is 0 Å². The number of halogens is 1. The third-order valence-corrected chi connectivity index (χ3v) is 5.73. The molecule has 3 heterocycles. The number of nitrogens with zero attached hydrogens (tertiary/aromatic N) is 6. The predicted octanol–water partition coefficient (Wildman–Crippen LogP) is 3.67. The van der Waals surface area contributed by atoms with E-state index in [2.05, 4.69) is 26.8 Å². The first-order valence-corrected chi connectivity index (χ1v) is 9.78. The molecule has 1 aromatic carbocycles. The Balaban J connectivity index is 1.33. The van der Waals surface area contributed by atoms with Gasteiger partial charge in [-0.1, -0.05) is 11.6 Å². The second-order valence-corrected chi connectivity index (χ2v) is 7.84. The lowest BCUT2D eigenvalue weighted by atomic mass is 10.2. The van der Waals surface area contributed by atoms with Crippen LogP contribution in [0.3, 0.4) is 0 Å². The third-order valence-electron chi connectivity index (χ3n) is 5.49. The summed E-state index contributed by atoms with van der Waals surface area (Å²) in [7, 11) is 2.13. The summed E-state index contributed by atoms with van der Waals surface area (Å²) in [5.74, 6) is 3.49. The Morgan fingerprint density at radius 2 is 1.96 bits per heavy atom. The Morgan fingerprint density at radius 1 is 1.07 bits per heavy atom. The van der Waals surface area contributed by atoms with Gasteiger partial charge in [0.2, 0.25) is 0 Å². The molecule has 2 fully saturated rings. The first-order chi connectivity index (χ1) is 13.2. The zero-order chi connectivity index (χ0) is 18.4. The molecule has 5 rings (SSSR count). The average molecular weight is 381 g/mol. The van der Waals surface area contributed by atoms with E-state index in [0.717, 1.165) is 48.0 Å². The highest BCUT2D eigenvalue weighted by molar-refractivity contribution is 6.31. The zero-order valence-corrected chi connectivity index (χ0v) is 16.0. The van der Waals surface area contributed by atoms with E-state index in [4.69, 9.17) is 21.6 Å². The van der Waals surface area contributed by atoms with Gasteiger partial charge in [0.1, 0.15) is 17.5 Å². The number of anilines is 2. The van der Waals surface area contributed by atoms with Gasteiger partial charge in [0.15, 0.2) is 0 Å². The fourth-order valence-electron chi connectivity index (χ4n) is 3.68. The Kier molecular flexibility index (Phi) is 4.08. The van der Waals surface area contributed by atoms with Gasteiger partial charge in [-0.2, -0.15) is 0 Å². The molecule has 2 aliphatic rings. The molecular weight excluding hydrogens is 360 g/mol. The van der Waals surface area contributed by atoms with Gasteiger partial charge in [0.25, 0.3) is 0 Å². The van der Waals surface area contributed by atoms with Crippen molar-refractivity contribution in [2.24, 2.45) is 0 Å². The number of hydrogen-bond donors (Lipinski definition) is 0. The molecule has 0 spiro atoms. The molecular formula is C20H21ClN6. The highest BCUT2D eigenvalue weighted by Crippen LogP contribution is 2.38. The molecule has 0 bridgehead atoms. The molecule has 0 radical (unpaired) electrons. The molecule has 0 N–H and O–H groups in total. The van der Waals surface area contributed by atoms with Gasteiger partial charge in [-0.15, -0.1) is 0 Å². The number of aromatic nitrogens is 4. The van der Waals surface area contributed by atoms with Crippen molar-refractivity contribution in [1.82, 2.24) is 19.9 Å². The molecule has 7 heteroatoms. The van der Waals surface area contributed by atoms with E-state index in [1.165, 1.54) is 12.8 Å². The second-order valence-electron chi connectivity index (χ2n) is 7.41. The van der Waals surface area contributed by atoms with Gasteiger partial charge in [-0.25, -0.2) is 15.0 Å². The summed E-state index contributed by atoms with van der Waals surface area (Å²) >= 11 is 6.04. The SMILES string of the molecule is CN(c1ccnc(C2CC2)n1)C1CCN(c2cnc3cc(Cl)ccc3n2)C1. The van der Waals surface area contributed by atoms with Crippen LogP contribution in [-0.2, 0) is 0 Å². The summed E-state index contributed by atoms with van der Waals surface area (Å²) < 4.78 is 0. The van der Waals surface area contributed by atoms with E-state index < -0.39 is 0 Å². The second kappa shape index (κ2) is 6.60. The lowest BCUT2D eigenvalue weighted by Gasteiger charge is -2.26. The van der Waals surface area contributed by atoms with Crippen LogP contribution in [0.25, 0.3) is 11.0 Å². The van der Waals surface area contributed by atoms with Crippen LogP contribution < -0.4 is 9.80 Å². The van der Waals surface area contributed by atoms with Gasteiger partial charge in [0.05, 0.1) is 17.2 Å². The molecule has 3 aromatic rings. The number of fused-ring (bicyclic) bond motifs is 1. The third kappa shape index (κ3) is 3.30. The van der Waals surface area contributed by atoms with Crippen LogP contribution in [0.15, 0.2) is 36.7 Å². The van der Waals surface area contributed by atoms with Gasteiger partial charge in [-0.3, -0.25) is 4.98 Å². The van der Waals surface area contributed by atoms with Gasteiger partial charge in [-0.05, 0) is 43.5 Å². The van der Waals surface area contributed by atoms with Gasteiger partial charge in [0, 0.05) is 43.3 Å². The zero-order valence-electron chi connectivity index (χ0n) is 15.2. The minimum atomic E-state index is 0.398. The maximum atomic E-state index is 6.04. The first-order valence-electron chi connectivity index (χ1n) is 9.40. The van der Waals surface area contributed by atoms with E-state index in [0.29, 0.717) is 17.0 Å². The summed E-state index contributed by atoms with van der Waals surface area (Å²) in [6, 6.07) is 8.04.